The minimum atomic E-state index is 0.0716. The van der Waals surface area contributed by atoms with E-state index in [1.165, 1.54) is 48.4 Å². The summed E-state index contributed by atoms with van der Waals surface area (Å²) < 4.78 is 0. The van der Waals surface area contributed by atoms with Gasteiger partial charge in [0.05, 0.1) is 0 Å². The van der Waals surface area contributed by atoms with Gasteiger partial charge in [-0.05, 0) is 83.3 Å². The first-order chi connectivity index (χ1) is 16.1. The van der Waals surface area contributed by atoms with E-state index in [9.17, 15) is 15.3 Å². The van der Waals surface area contributed by atoms with E-state index in [4.69, 9.17) is 0 Å². The van der Waals surface area contributed by atoms with Crippen LogP contribution in [0.5, 0.6) is 17.2 Å². The molecule has 4 aromatic rings. The SMILES string of the molecule is Oc1ccc(-c2ccc(CCCCCCc3ccc(-c4cc(O)cc(O)c4)cc3)cc2)cc1. The second-order valence-electron chi connectivity index (χ2n) is 8.59. The average molecular weight is 439 g/mol. The predicted molar refractivity (Wildman–Crippen MR) is 135 cm³/mol. The molecule has 4 rings (SSSR count). The minimum absolute atomic E-state index is 0.0716. The van der Waals surface area contributed by atoms with Crippen molar-refractivity contribution >= 4 is 0 Å². The first kappa shape index (κ1) is 22.5. The minimum Gasteiger partial charge on any atom is -0.508 e. The van der Waals surface area contributed by atoms with Gasteiger partial charge in [0, 0.05) is 6.07 Å². The number of rotatable bonds is 9. The number of hydrogen-bond donors (Lipinski definition) is 3. The Labute approximate surface area is 195 Å². The zero-order valence-electron chi connectivity index (χ0n) is 18.7. The van der Waals surface area contributed by atoms with E-state index in [0.717, 1.165) is 29.5 Å². The van der Waals surface area contributed by atoms with Gasteiger partial charge in [-0.3, -0.25) is 0 Å². The van der Waals surface area contributed by atoms with Crippen molar-refractivity contribution in [3.05, 3.63) is 102 Å². The fourth-order valence-electron chi connectivity index (χ4n) is 4.16. The largest absolute Gasteiger partial charge is 0.508 e. The Bertz CT molecular complexity index is 1140. The molecule has 0 spiro atoms. The van der Waals surface area contributed by atoms with E-state index in [-0.39, 0.29) is 11.5 Å². The van der Waals surface area contributed by atoms with Gasteiger partial charge in [0.1, 0.15) is 17.2 Å². The molecule has 0 heterocycles. The summed E-state index contributed by atoms with van der Waals surface area (Å²) in [6.45, 7) is 0. The van der Waals surface area contributed by atoms with E-state index in [0.29, 0.717) is 5.75 Å². The molecule has 4 aromatic carbocycles. The summed E-state index contributed by atoms with van der Waals surface area (Å²) in [5.74, 6) is 0.437. The van der Waals surface area contributed by atoms with Crippen LogP contribution in [0, 0.1) is 0 Å². The van der Waals surface area contributed by atoms with Crippen LogP contribution in [-0.2, 0) is 12.8 Å². The maximum Gasteiger partial charge on any atom is 0.119 e. The Kier molecular flexibility index (Phi) is 7.31. The summed E-state index contributed by atoms with van der Waals surface area (Å²) in [7, 11) is 0. The van der Waals surface area contributed by atoms with Crippen LogP contribution in [0.1, 0.15) is 36.8 Å². The van der Waals surface area contributed by atoms with Crippen molar-refractivity contribution in [1.82, 2.24) is 0 Å². The summed E-state index contributed by atoms with van der Waals surface area (Å²) in [6.07, 6.45) is 6.97. The van der Waals surface area contributed by atoms with Gasteiger partial charge < -0.3 is 15.3 Å². The Hall–Kier alpha value is -3.72. The van der Waals surface area contributed by atoms with Gasteiger partial charge in [0.15, 0.2) is 0 Å². The number of hydrogen-bond acceptors (Lipinski definition) is 3. The van der Waals surface area contributed by atoms with Gasteiger partial charge in [0.25, 0.3) is 0 Å². The van der Waals surface area contributed by atoms with Crippen molar-refractivity contribution < 1.29 is 15.3 Å². The van der Waals surface area contributed by atoms with Crippen molar-refractivity contribution in [2.75, 3.05) is 0 Å². The van der Waals surface area contributed by atoms with Crippen molar-refractivity contribution in [2.45, 2.75) is 38.5 Å². The second-order valence-corrected chi connectivity index (χ2v) is 8.59. The molecule has 168 valence electrons. The zero-order valence-corrected chi connectivity index (χ0v) is 18.7. The molecule has 0 aliphatic carbocycles. The predicted octanol–water partition coefficient (Wildman–Crippen LogP) is 7.48. The number of benzene rings is 4. The van der Waals surface area contributed by atoms with Gasteiger partial charge in [-0.1, -0.05) is 73.5 Å². The standard InChI is InChI=1S/C30H30O3/c31-28-17-15-25(16-18-28)24-11-7-22(8-12-24)5-3-1-2-4-6-23-9-13-26(14-10-23)27-19-29(32)21-30(33)20-27/h7-21,31-33H,1-6H2. The average Bonchev–Trinajstić information content (AvgIpc) is 2.82. The van der Waals surface area contributed by atoms with Gasteiger partial charge in [-0.25, -0.2) is 0 Å². The third-order valence-corrected chi connectivity index (χ3v) is 6.03. The first-order valence-corrected chi connectivity index (χ1v) is 11.6. The van der Waals surface area contributed by atoms with E-state index in [2.05, 4.69) is 36.4 Å². The maximum atomic E-state index is 9.67. The topological polar surface area (TPSA) is 60.7 Å². The van der Waals surface area contributed by atoms with Crippen LogP contribution < -0.4 is 0 Å². The molecule has 3 N–H and O–H groups in total. The third kappa shape index (κ3) is 6.39. The highest BCUT2D eigenvalue weighted by atomic mass is 16.3. The summed E-state index contributed by atoms with van der Waals surface area (Å²) in [4.78, 5) is 0. The van der Waals surface area contributed by atoms with Gasteiger partial charge in [0.2, 0.25) is 0 Å². The molecule has 0 saturated carbocycles. The molecule has 0 aromatic heterocycles. The van der Waals surface area contributed by atoms with Gasteiger partial charge in [-0.2, -0.15) is 0 Å². The number of aromatic hydroxyl groups is 3. The molecular formula is C30H30O3. The van der Waals surface area contributed by atoms with Crippen LogP contribution in [0.25, 0.3) is 22.3 Å². The van der Waals surface area contributed by atoms with Crippen molar-refractivity contribution in [3.8, 4) is 39.5 Å². The molecule has 0 atom stereocenters. The van der Waals surface area contributed by atoms with Crippen molar-refractivity contribution in [2.24, 2.45) is 0 Å². The van der Waals surface area contributed by atoms with E-state index >= 15 is 0 Å². The highest BCUT2D eigenvalue weighted by molar-refractivity contribution is 5.67. The Balaban J connectivity index is 1.17. The number of aryl methyl sites for hydroxylation is 2. The van der Waals surface area contributed by atoms with Crippen LogP contribution in [0.3, 0.4) is 0 Å². The summed E-state index contributed by atoms with van der Waals surface area (Å²) in [5, 5.41) is 28.8. The summed E-state index contributed by atoms with van der Waals surface area (Å²) >= 11 is 0. The molecule has 33 heavy (non-hydrogen) atoms. The third-order valence-electron chi connectivity index (χ3n) is 6.03. The lowest BCUT2D eigenvalue weighted by atomic mass is 9.99. The lowest BCUT2D eigenvalue weighted by molar-refractivity contribution is 0.451. The van der Waals surface area contributed by atoms with Crippen LogP contribution in [0.2, 0.25) is 0 Å². The Morgan fingerprint density at radius 1 is 0.364 bits per heavy atom. The molecule has 0 radical (unpaired) electrons. The molecule has 0 aliphatic heterocycles. The normalized spacial score (nSPS) is 10.9. The lowest BCUT2D eigenvalue weighted by Crippen LogP contribution is -1.89. The molecule has 0 amide bonds. The fourth-order valence-corrected chi connectivity index (χ4v) is 4.16. The number of unbranched alkanes of at least 4 members (excludes halogenated alkanes) is 3. The van der Waals surface area contributed by atoms with E-state index in [1.54, 1.807) is 24.3 Å². The van der Waals surface area contributed by atoms with Crippen LogP contribution in [0.15, 0.2) is 91.0 Å². The number of phenolic OH excluding ortho intramolecular Hbond substituents is 3. The highest BCUT2D eigenvalue weighted by Crippen LogP contribution is 2.29. The molecule has 0 bridgehead atoms. The molecule has 0 saturated heterocycles. The lowest BCUT2D eigenvalue weighted by Gasteiger charge is -2.07. The van der Waals surface area contributed by atoms with Crippen LogP contribution >= 0.6 is 0 Å². The van der Waals surface area contributed by atoms with Crippen LogP contribution in [-0.4, -0.2) is 15.3 Å². The van der Waals surface area contributed by atoms with E-state index in [1.807, 2.05) is 24.3 Å². The molecular weight excluding hydrogens is 408 g/mol. The summed E-state index contributed by atoms with van der Waals surface area (Å²) in [5.41, 5.74) is 6.77. The molecule has 3 heteroatoms. The fraction of sp³-hybridized carbons (Fsp3) is 0.200. The quantitative estimate of drug-likeness (QED) is 0.237. The highest BCUT2D eigenvalue weighted by Gasteiger charge is 2.03. The van der Waals surface area contributed by atoms with Crippen molar-refractivity contribution in [3.63, 3.8) is 0 Å². The van der Waals surface area contributed by atoms with Gasteiger partial charge >= 0.3 is 0 Å². The Morgan fingerprint density at radius 3 is 1.21 bits per heavy atom. The van der Waals surface area contributed by atoms with Crippen LogP contribution in [0.4, 0.5) is 0 Å². The van der Waals surface area contributed by atoms with Crippen molar-refractivity contribution in [1.29, 1.82) is 0 Å². The Morgan fingerprint density at radius 2 is 0.758 bits per heavy atom. The second kappa shape index (κ2) is 10.7. The van der Waals surface area contributed by atoms with E-state index < -0.39 is 0 Å². The number of phenols is 3. The molecule has 0 unspecified atom stereocenters. The zero-order chi connectivity index (χ0) is 23.0. The monoisotopic (exact) mass is 438 g/mol. The summed E-state index contributed by atoms with van der Waals surface area (Å²) in [6, 6.07) is 29.1. The molecule has 0 fully saturated rings. The first-order valence-electron chi connectivity index (χ1n) is 11.6. The molecule has 3 nitrogen and oxygen atoms in total. The maximum absolute atomic E-state index is 9.67. The smallest absolute Gasteiger partial charge is 0.119 e. The molecule has 0 aliphatic rings. The van der Waals surface area contributed by atoms with Gasteiger partial charge in [-0.15, -0.1) is 0 Å².